The predicted octanol–water partition coefficient (Wildman–Crippen LogP) is 1.55. The van der Waals surface area contributed by atoms with Gasteiger partial charge < -0.3 is 10.6 Å². The van der Waals surface area contributed by atoms with Crippen molar-refractivity contribution in [3.8, 4) is 0 Å². The Kier molecular flexibility index (Phi) is 4.43. The maximum atomic E-state index is 13.7. The van der Waals surface area contributed by atoms with Gasteiger partial charge in [-0.25, -0.2) is 4.39 Å². The van der Waals surface area contributed by atoms with E-state index in [1.54, 1.807) is 19.1 Å². The maximum Gasteiger partial charge on any atom is 0.256 e. The number of aryl methyl sites for hydroxylation is 1. The Labute approximate surface area is 95.0 Å². The summed E-state index contributed by atoms with van der Waals surface area (Å²) in [5.41, 5.74) is 6.00. The molecule has 4 heteroatoms. The van der Waals surface area contributed by atoms with E-state index in [4.69, 9.17) is 5.73 Å². The highest BCUT2D eigenvalue weighted by Crippen LogP contribution is 2.14. The van der Waals surface area contributed by atoms with E-state index in [0.29, 0.717) is 25.2 Å². The maximum absolute atomic E-state index is 13.7. The topological polar surface area (TPSA) is 46.3 Å². The van der Waals surface area contributed by atoms with Crippen molar-refractivity contribution in [2.24, 2.45) is 5.73 Å². The molecule has 0 aliphatic heterocycles. The van der Waals surface area contributed by atoms with E-state index in [-0.39, 0.29) is 11.5 Å². The molecular weight excluding hydrogens is 207 g/mol. The van der Waals surface area contributed by atoms with Crippen LogP contribution < -0.4 is 5.73 Å². The van der Waals surface area contributed by atoms with Crippen LogP contribution in [0.25, 0.3) is 0 Å². The minimum absolute atomic E-state index is 0.121. The second-order valence-corrected chi connectivity index (χ2v) is 3.61. The molecule has 0 atom stereocenters. The summed E-state index contributed by atoms with van der Waals surface area (Å²) in [5.74, 6) is -0.739. The molecule has 1 aromatic carbocycles. The van der Waals surface area contributed by atoms with Crippen LogP contribution in [0.5, 0.6) is 0 Å². The summed E-state index contributed by atoms with van der Waals surface area (Å²) in [6.07, 6.45) is 0. The largest absolute Gasteiger partial charge is 0.338 e. The highest BCUT2D eigenvalue weighted by Gasteiger charge is 2.17. The number of nitrogens with two attached hydrogens (primary N) is 1. The minimum atomic E-state index is -0.442. The summed E-state index contributed by atoms with van der Waals surface area (Å²) < 4.78 is 13.7. The fraction of sp³-hybridized carbons (Fsp3) is 0.417. The Morgan fingerprint density at radius 3 is 2.75 bits per heavy atom. The van der Waals surface area contributed by atoms with Gasteiger partial charge >= 0.3 is 0 Å². The fourth-order valence-corrected chi connectivity index (χ4v) is 1.54. The van der Waals surface area contributed by atoms with Gasteiger partial charge in [-0.15, -0.1) is 0 Å². The first-order valence-corrected chi connectivity index (χ1v) is 5.36. The van der Waals surface area contributed by atoms with Gasteiger partial charge in [0.1, 0.15) is 5.82 Å². The molecule has 0 saturated carbocycles. The van der Waals surface area contributed by atoms with Crippen molar-refractivity contribution in [2.45, 2.75) is 13.8 Å². The molecule has 0 aliphatic carbocycles. The summed E-state index contributed by atoms with van der Waals surface area (Å²) in [6.45, 7) is 4.85. The van der Waals surface area contributed by atoms with Gasteiger partial charge in [0.25, 0.3) is 5.91 Å². The van der Waals surface area contributed by atoms with Gasteiger partial charge in [-0.3, -0.25) is 4.79 Å². The van der Waals surface area contributed by atoms with Crippen molar-refractivity contribution < 1.29 is 9.18 Å². The Balaban J connectivity index is 2.99. The average molecular weight is 224 g/mol. The second kappa shape index (κ2) is 5.61. The number of benzene rings is 1. The Morgan fingerprint density at radius 1 is 1.50 bits per heavy atom. The molecule has 3 nitrogen and oxygen atoms in total. The summed E-state index contributed by atoms with van der Waals surface area (Å²) in [7, 11) is 0. The number of halogens is 1. The zero-order valence-electron chi connectivity index (χ0n) is 9.66. The molecular formula is C12H17FN2O. The van der Waals surface area contributed by atoms with E-state index < -0.39 is 5.82 Å². The van der Waals surface area contributed by atoms with E-state index in [0.717, 1.165) is 0 Å². The number of nitrogens with zero attached hydrogens (tertiary/aromatic N) is 1. The molecule has 0 aliphatic rings. The molecule has 0 aromatic heterocycles. The predicted molar refractivity (Wildman–Crippen MR) is 61.8 cm³/mol. The molecule has 88 valence electrons. The van der Waals surface area contributed by atoms with Crippen LogP contribution in [0.2, 0.25) is 0 Å². The van der Waals surface area contributed by atoms with Crippen LogP contribution in [0, 0.1) is 12.7 Å². The molecule has 0 unspecified atom stereocenters. The minimum Gasteiger partial charge on any atom is -0.338 e. The van der Waals surface area contributed by atoms with Gasteiger partial charge in [-0.05, 0) is 25.5 Å². The van der Waals surface area contributed by atoms with Gasteiger partial charge in [0.2, 0.25) is 0 Å². The number of rotatable bonds is 4. The zero-order valence-corrected chi connectivity index (χ0v) is 9.66. The fourth-order valence-electron chi connectivity index (χ4n) is 1.54. The molecule has 0 bridgehead atoms. The third kappa shape index (κ3) is 2.58. The average Bonchev–Trinajstić information content (AvgIpc) is 2.29. The summed E-state index contributed by atoms with van der Waals surface area (Å²) >= 11 is 0. The lowest BCUT2D eigenvalue weighted by Gasteiger charge is -2.20. The van der Waals surface area contributed by atoms with Crippen LogP contribution >= 0.6 is 0 Å². The van der Waals surface area contributed by atoms with E-state index in [2.05, 4.69) is 0 Å². The highest BCUT2D eigenvalue weighted by molar-refractivity contribution is 5.94. The van der Waals surface area contributed by atoms with Crippen molar-refractivity contribution >= 4 is 5.91 Å². The molecule has 1 aromatic rings. The Bertz CT molecular complexity index is 379. The second-order valence-electron chi connectivity index (χ2n) is 3.61. The lowest BCUT2D eigenvalue weighted by Crippen LogP contribution is -2.35. The first-order chi connectivity index (χ1) is 7.61. The van der Waals surface area contributed by atoms with Crippen LogP contribution in [0.4, 0.5) is 4.39 Å². The lowest BCUT2D eigenvalue weighted by atomic mass is 10.1. The van der Waals surface area contributed by atoms with Crippen LogP contribution in [0.15, 0.2) is 18.2 Å². The molecule has 0 spiro atoms. The molecule has 2 N–H and O–H groups in total. The van der Waals surface area contributed by atoms with Crippen LogP contribution in [-0.2, 0) is 0 Å². The van der Waals surface area contributed by atoms with Crippen molar-refractivity contribution in [3.63, 3.8) is 0 Å². The van der Waals surface area contributed by atoms with Crippen LogP contribution in [-0.4, -0.2) is 30.4 Å². The third-order valence-corrected chi connectivity index (χ3v) is 2.49. The quantitative estimate of drug-likeness (QED) is 0.843. The molecule has 1 rings (SSSR count). The SMILES string of the molecule is CCN(CCN)C(=O)c1cccc(C)c1F. The van der Waals surface area contributed by atoms with E-state index >= 15 is 0 Å². The van der Waals surface area contributed by atoms with Crippen molar-refractivity contribution in [1.29, 1.82) is 0 Å². The standard InChI is InChI=1S/C12H17FN2O/c1-3-15(8-7-14)12(16)10-6-4-5-9(2)11(10)13/h4-6H,3,7-8,14H2,1-2H3. The summed E-state index contributed by atoms with van der Waals surface area (Å²) in [4.78, 5) is 13.5. The van der Waals surface area contributed by atoms with Crippen molar-refractivity contribution in [2.75, 3.05) is 19.6 Å². The van der Waals surface area contributed by atoms with Crippen molar-refractivity contribution in [3.05, 3.63) is 35.1 Å². The molecule has 0 radical (unpaired) electrons. The van der Waals surface area contributed by atoms with Gasteiger partial charge in [-0.2, -0.15) is 0 Å². The molecule has 0 heterocycles. The molecule has 0 fully saturated rings. The number of likely N-dealkylation sites (N-methyl/N-ethyl adjacent to an activating group) is 1. The number of carbonyl (C=O) groups is 1. The van der Waals surface area contributed by atoms with Gasteiger partial charge in [0.15, 0.2) is 0 Å². The Morgan fingerprint density at radius 2 is 2.19 bits per heavy atom. The number of hydrogen-bond acceptors (Lipinski definition) is 2. The number of amides is 1. The van der Waals surface area contributed by atoms with Crippen LogP contribution in [0.1, 0.15) is 22.8 Å². The summed E-state index contributed by atoms with van der Waals surface area (Å²) in [6, 6.07) is 4.83. The van der Waals surface area contributed by atoms with Gasteiger partial charge in [-0.1, -0.05) is 12.1 Å². The van der Waals surface area contributed by atoms with Gasteiger partial charge in [0.05, 0.1) is 5.56 Å². The number of hydrogen-bond donors (Lipinski definition) is 1. The highest BCUT2D eigenvalue weighted by atomic mass is 19.1. The van der Waals surface area contributed by atoms with E-state index in [1.165, 1.54) is 11.0 Å². The first kappa shape index (κ1) is 12.6. The monoisotopic (exact) mass is 224 g/mol. The van der Waals surface area contributed by atoms with Crippen molar-refractivity contribution in [1.82, 2.24) is 4.90 Å². The molecule has 16 heavy (non-hydrogen) atoms. The normalized spacial score (nSPS) is 10.2. The van der Waals surface area contributed by atoms with E-state index in [9.17, 15) is 9.18 Å². The smallest absolute Gasteiger partial charge is 0.256 e. The summed E-state index contributed by atoms with van der Waals surface area (Å²) in [5, 5.41) is 0. The van der Waals surface area contributed by atoms with E-state index in [1.807, 2.05) is 6.92 Å². The van der Waals surface area contributed by atoms with Gasteiger partial charge in [0, 0.05) is 19.6 Å². The lowest BCUT2D eigenvalue weighted by molar-refractivity contribution is 0.0764. The molecule has 0 saturated heterocycles. The number of carbonyl (C=O) groups excluding carboxylic acids is 1. The Hall–Kier alpha value is -1.42. The first-order valence-electron chi connectivity index (χ1n) is 5.36. The molecule has 1 amide bonds. The van der Waals surface area contributed by atoms with Crippen LogP contribution in [0.3, 0.4) is 0 Å². The third-order valence-electron chi connectivity index (χ3n) is 2.49. The zero-order chi connectivity index (χ0) is 12.1.